The zero-order chi connectivity index (χ0) is 20.6. The van der Waals surface area contributed by atoms with Gasteiger partial charge in [0, 0.05) is 52.1 Å². The third kappa shape index (κ3) is 5.55. The van der Waals surface area contributed by atoms with Crippen molar-refractivity contribution in [1.82, 2.24) is 15.2 Å². The molecule has 0 spiro atoms. The van der Waals surface area contributed by atoms with E-state index in [0.29, 0.717) is 38.4 Å². The van der Waals surface area contributed by atoms with E-state index in [4.69, 9.17) is 4.74 Å². The van der Waals surface area contributed by atoms with E-state index < -0.39 is 0 Å². The molecule has 1 saturated heterocycles. The molecule has 0 aliphatic carbocycles. The van der Waals surface area contributed by atoms with Crippen LogP contribution in [0.4, 0.5) is 5.82 Å². The second-order valence-corrected chi connectivity index (χ2v) is 7.84. The first-order valence-electron chi connectivity index (χ1n) is 10.0. The van der Waals surface area contributed by atoms with Crippen LogP contribution >= 0.6 is 11.3 Å². The first-order valence-corrected chi connectivity index (χ1v) is 10.9. The van der Waals surface area contributed by atoms with Gasteiger partial charge < -0.3 is 19.9 Å². The van der Waals surface area contributed by atoms with Crippen LogP contribution in [0.15, 0.2) is 29.8 Å². The molecule has 2 aromatic heterocycles. The molecule has 1 N–H and O–H groups in total. The number of aromatic nitrogens is 1. The molecule has 3 rings (SSSR count). The Balaban J connectivity index is 1.48. The highest BCUT2D eigenvalue weighted by Gasteiger charge is 2.24. The van der Waals surface area contributed by atoms with Gasteiger partial charge in [-0.3, -0.25) is 9.59 Å². The summed E-state index contributed by atoms with van der Waals surface area (Å²) in [4.78, 5) is 34.1. The van der Waals surface area contributed by atoms with Crippen molar-refractivity contribution in [3.05, 3.63) is 45.8 Å². The molecule has 0 radical (unpaired) electrons. The van der Waals surface area contributed by atoms with Crippen LogP contribution in [0.2, 0.25) is 0 Å². The molecular formula is C21H28N4O3S. The zero-order valence-electron chi connectivity index (χ0n) is 17.0. The Hall–Kier alpha value is -2.45. The lowest BCUT2D eigenvalue weighted by atomic mass is 10.2. The summed E-state index contributed by atoms with van der Waals surface area (Å²) in [7, 11) is 0. The van der Waals surface area contributed by atoms with Crippen LogP contribution in [0.3, 0.4) is 0 Å². The average Bonchev–Trinajstić information content (AvgIpc) is 3.19. The van der Waals surface area contributed by atoms with Gasteiger partial charge in [0.15, 0.2) is 0 Å². The average molecular weight is 417 g/mol. The maximum absolute atomic E-state index is 12.6. The van der Waals surface area contributed by atoms with E-state index in [9.17, 15) is 9.59 Å². The monoisotopic (exact) mass is 416 g/mol. The van der Waals surface area contributed by atoms with E-state index in [2.05, 4.69) is 15.2 Å². The smallest absolute Gasteiger partial charge is 0.264 e. The van der Waals surface area contributed by atoms with E-state index in [-0.39, 0.29) is 11.8 Å². The molecule has 8 heteroatoms. The molecule has 1 fully saturated rings. The van der Waals surface area contributed by atoms with Gasteiger partial charge in [0.1, 0.15) is 5.82 Å². The van der Waals surface area contributed by atoms with Crippen LogP contribution in [0.25, 0.3) is 0 Å². The predicted molar refractivity (Wildman–Crippen MR) is 115 cm³/mol. The van der Waals surface area contributed by atoms with Gasteiger partial charge in [-0.15, -0.1) is 11.3 Å². The van der Waals surface area contributed by atoms with E-state index in [1.165, 1.54) is 11.3 Å². The van der Waals surface area contributed by atoms with Crippen LogP contribution in [0, 0.1) is 6.92 Å². The second kappa shape index (κ2) is 10.4. The number of thiophene rings is 1. The van der Waals surface area contributed by atoms with Crippen molar-refractivity contribution >= 4 is 29.0 Å². The van der Waals surface area contributed by atoms with Crippen LogP contribution in [0.1, 0.15) is 38.9 Å². The normalized spacial score (nSPS) is 14.1. The minimum Gasteiger partial charge on any atom is -0.382 e. The summed E-state index contributed by atoms with van der Waals surface area (Å²) < 4.78 is 5.26. The summed E-state index contributed by atoms with van der Waals surface area (Å²) in [5.74, 6) is 0.820. The number of piperazine rings is 1. The predicted octanol–water partition coefficient (Wildman–Crippen LogP) is 2.57. The number of hydrogen-bond acceptors (Lipinski definition) is 6. The number of amides is 2. The first-order chi connectivity index (χ1) is 14.1. The Kier molecular flexibility index (Phi) is 7.60. The van der Waals surface area contributed by atoms with Crippen LogP contribution in [0.5, 0.6) is 0 Å². The van der Waals surface area contributed by atoms with Crippen molar-refractivity contribution < 1.29 is 14.3 Å². The second-order valence-electron chi connectivity index (χ2n) is 6.92. The third-order valence-electron chi connectivity index (χ3n) is 4.91. The number of anilines is 1. The molecule has 2 aromatic rings. The van der Waals surface area contributed by atoms with Gasteiger partial charge in [0.2, 0.25) is 0 Å². The lowest BCUT2D eigenvalue weighted by molar-refractivity contribution is 0.0750. The molecule has 0 bridgehead atoms. The van der Waals surface area contributed by atoms with Gasteiger partial charge in [-0.2, -0.15) is 0 Å². The third-order valence-corrected chi connectivity index (χ3v) is 5.92. The maximum atomic E-state index is 12.6. The molecule has 1 aliphatic heterocycles. The Morgan fingerprint density at radius 3 is 2.62 bits per heavy atom. The Bertz CT molecular complexity index is 814. The quantitative estimate of drug-likeness (QED) is 0.670. The summed E-state index contributed by atoms with van der Waals surface area (Å²) >= 11 is 1.50. The highest BCUT2D eigenvalue weighted by atomic mass is 32.1. The summed E-state index contributed by atoms with van der Waals surface area (Å²) in [6, 6.07) is 5.65. The van der Waals surface area contributed by atoms with Gasteiger partial charge in [-0.1, -0.05) is 0 Å². The Morgan fingerprint density at radius 1 is 1.21 bits per heavy atom. The summed E-state index contributed by atoms with van der Waals surface area (Å²) in [6.07, 6.45) is 2.40. The molecule has 2 amide bonds. The van der Waals surface area contributed by atoms with Crippen LogP contribution < -0.4 is 10.2 Å². The lowest BCUT2D eigenvalue weighted by Crippen LogP contribution is -2.49. The fraction of sp³-hybridized carbons (Fsp3) is 0.476. The number of rotatable bonds is 8. The van der Waals surface area contributed by atoms with Crippen molar-refractivity contribution in [2.75, 3.05) is 50.8 Å². The van der Waals surface area contributed by atoms with Crippen molar-refractivity contribution in [3.63, 3.8) is 0 Å². The zero-order valence-corrected chi connectivity index (χ0v) is 17.8. The molecule has 156 valence electrons. The topological polar surface area (TPSA) is 74.8 Å². The minimum absolute atomic E-state index is 0.112. The molecule has 0 unspecified atom stereocenters. The molecular weight excluding hydrogens is 388 g/mol. The van der Waals surface area contributed by atoms with E-state index in [1.54, 1.807) is 12.3 Å². The minimum atomic E-state index is -0.123. The SMILES string of the molecule is CCOCCCNC(=O)c1ccc(N2CCN(C(=O)c3sccc3C)CC2)nc1. The van der Waals surface area contributed by atoms with Gasteiger partial charge >= 0.3 is 0 Å². The van der Waals surface area contributed by atoms with Crippen molar-refractivity contribution in [1.29, 1.82) is 0 Å². The number of ether oxygens (including phenoxy) is 1. The highest BCUT2D eigenvalue weighted by Crippen LogP contribution is 2.20. The fourth-order valence-electron chi connectivity index (χ4n) is 3.20. The van der Waals surface area contributed by atoms with Gasteiger partial charge in [0.05, 0.1) is 10.4 Å². The van der Waals surface area contributed by atoms with Gasteiger partial charge in [-0.25, -0.2) is 4.98 Å². The van der Waals surface area contributed by atoms with Gasteiger partial charge in [-0.05, 0) is 49.4 Å². The number of pyridine rings is 1. The van der Waals surface area contributed by atoms with E-state index in [0.717, 1.165) is 35.8 Å². The first kappa shape index (κ1) is 21.3. The number of carbonyl (C=O) groups excluding carboxylic acids is 2. The maximum Gasteiger partial charge on any atom is 0.264 e. The van der Waals surface area contributed by atoms with E-state index >= 15 is 0 Å². The van der Waals surface area contributed by atoms with Gasteiger partial charge in [0.25, 0.3) is 11.8 Å². The molecule has 7 nitrogen and oxygen atoms in total. The molecule has 0 aromatic carbocycles. The number of nitrogens with one attached hydrogen (secondary N) is 1. The van der Waals surface area contributed by atoms with Crippen LogP contribution in [-0.2, 0) is 4.74 Å². The molecule has 3 heterocycles. The molecule has 0 saturated carbocycles. The largest absolute Gasteiger partial charge is 0.382 e. The molecule has 0 atom stereocenters. The summed E-state index contributed by atoms with van der Waals surface area (Å²) in [5.41, 5.74) is 1.59. The van der Waals surface area contributed by atoms with Crippen molar-refractivity contribution in [2.24, 2.45) is 0 Å². The molecule has 29 heavy (non-hydrogen) atoms. The summed E-state index contributed by atoms with van der Waals surface area (Å²) in [5, 5.41) is 4.84. The number of carbonyl (C=O) groups is 2. The summed E-state index contributed by atoms with van der Waals surface area (Å²) in [6.45, 7) is 8.64. The number of nitrogens with zero attached hydrogens (tertiary/aromatic N) is 3. The number of hydrogen-bond donors (Lipinski definition) is 1. The Labute approximate surface area is 175 Å². The highest BCUT2D eigenvalue weighted by molar-refractivity contribution is 7.12. The standard InChI is InChI=1S/C21H28N4O3S/c1-3-28-13-4-8-22-20(26)17-5-6-18(23-15-17)24-9-11-25(12-10-24)21(27)19-16(2)7-14-29-19/h5-7,14-15H,3-4,8-13H2,1-2H3,(H,22,26). The lowest BCUT2D eigenvalue weighted by Gasteiger charge is -2.35. The fourth-order valence-corrected chi connectivity index (χ4v) is 4.10. The van der Waals surface area contributed by atoms with E-state index in [1.807, 2.05) is 36.3 Å². The number of aryl methyl sites for hydroxylation is 1. The van der Waals surface area contributed by atoms with Crippen molar-refractivity contribution in [2.45, 2.75) is 20.3 Å². The Morgan fingerprint density at radius 2 is 2.00 bits per heavy atom. The van der Waals surface area contributed by atoms with Crippen molar-refractivity contribution in [3.8, 4) is 0 Å². The van der Waals surface area contributed by atoms with Crippen LogP contribution in [-0.4, -0.2) is 67.6 Å². The molecule has 1 aliphatic rings.